The molecule has 32 heavy (non-hydrogen) atoms. The highest BCUT2D eigenvalue weighted by atomic mass is 32.2. The van der Waals surface area contributed by atoms with Gasteiger partial charge in [-0.25, -0.2) is 9.97 Å². The van der Waals surface area contributed by atoms with Gasteiger partial charge in [-0.3, -0.25) is 13.6 Å². The number of thiophene rings is 1. The number of benzene rings is 1. The van der Waals surface area contributed by atoms with Crippen molar-refractivity contribution in [3.05, 3.63) is 59.4 Å². The highest BCUT2D eigenvalue weighted by molar-refractivity contribution is 7.84. The van der Waals surface area contributed by atoms with E-state index in [1.807, 2.05) is 16.7 Å². The second-order valence-electron chi connectivity index (χ2n) is 7.71. The smallest absolute Gasteiger partial charge is 0.254 e. The second kappa shape index (κ2) is 8.57. The Hall–Kier alpha value is -2.88. The molecule has 5 rings (SSSR count). The van der Waals surface area contributed by atoms with Crippen molar-refractivity contribution in [2.24, 2.45) is 0 Å². The van der Waals surface area contributed by atoms with Crippen molar-refractivity contribution in [1.29, 1.82) is 0 Å². The SMILES string of the molecule is Cc1csc(-c2cnc(-n3cc(S(C)=O)c4ccc(C(=O)N5CCOCC5)cc43)nc2)c1. The fourth-order valence-corrected chi connectivity index (χ4v) is 5.44. The molecule has 1 amide bonds. The van der Waals surface area contributed by atoms with Gasteiger partial charge in [-0.15, -0.1) is 11.3 Å². The summed E-state index contributed by atoms with van der Waals surface area (Å²) in [6.45, 7) is 4.31. The Morgan fingerprint density at radius 1 is 1.16 bits per heavy atom. The molecule has 1 saturated heterocycles. The molecule has 0 saturated carbocycles. The van der Waals surface area contributed by atoms with E-state index in [0.29, 0.717) is 42.7 Å². The maximum absolute atomic E-state index is 13.0. The number of carbonyl (C=O) groups excluding carboxylic acids is 1. The Bertz CT molecular complexity index is 1320. The molecule has 7 nitrogen and oxygen atoms in total. The summed E-state index contributed by atoms with van der Waals surface area (Å²) < 4.78 is 19.5. The Labute approximate surface area is 192 Å². The number of hydrogen-bond acceptors (Lipinski definition) is 6. The average molecular weight is 467 g/mol. The van der Waals surface area contributed by atoms with Crippen LogP contribution in [0, 0.1) is 6.92 Å². The van der Waals surface area contributed by atoms with E-state index < -0.39 is 10.8 Å². The van der Waals surface area contributed by atoms with Crippen molar-refractivity contribution in [2.75, 3.05) is 32.6 Å². The molecule has 1 atom stereocenters. The molecule has 1 fully saturated rings. The number of carbonyl (C=O) groups is 1. The summed E-state index contributed by atoms with van der Waals surface area (Å²) in [5, 5.41) is 2.92. The summed E-state index contributed by atoms with van der Waals surface area (Å²) in [6, 6.07) is 7.60. The molecule has 0 N–H and O–H groups in total. The topological polar surface area (TPSA) is 77.3 Å². The van der Waals surface area contributed by atoms with Gasteiger partial charge in [-0.2, -0.15) is 0 Å². The third-order valence-corrected chi connectivity index (χ3v) is 7.53. The lowest BCUT2D eigenvalue weighted by Crippen LogP contribution is -2.40. The first-order chi connectivity index (χ1) is 15.5. The highest BCUT2D eigenvalue weighted by Gasteiger charge is 2.21. The van der Waals surface area contributed by atoms with E-state index in [0.717, 1.165) is 21.3 Å². The minimum absolute atomic E-state index is 0.0357. The molecule has 4 heterocycles. The molecule has 0 spiro atoms. The molecule has 1 unspecified atom stereocenters. The van der Waals surface area contributed by atoms with Crippen LogP contribution in [-0.4, -0.2) is 62.1 Å². The number of aromatic nitrogens is 3. The van der Waals surface area contributed by atoms with E-state index in [-0.39, 0.29) is 5.91 Å². The van der Waals surface area contributed by atoms with Crippen LogP contribution in [0.25, 0.3) is 27.3 Å². The fraction of sp³-hybridized carbons (Fsp3) is 0.261. The van der Waals surface area contributed by atoms with Gasteiger partial charge in [-0.1, -0.05) is 6.07 Å². The van der Waals surface area contributed by atoms with Crippen LogP contribution in [0.2, 0.25) is 0 Å². The highest BCUT2D eigenvalue weighted by Crippen LogP contribution is 2.29. The van der Waals surface area contributed by atoms with Gasteiger partial charge in [0.05, 0.1) is 34.4 Å². The lowest BCUT2D eigenvalue weighted by atomic mass is 10.1. The molecule has 1 aromatic carbocycles. The lowest BCUT2D eigenvalue weighted by molar-refractivity contribution is 0.0303. The van der Waals surface area contributed by atoms with Crippen LogP contribution in [0.5, 0.6) is 0 Å². The average Bonchev–Trinajstić information content (AvgIpc) is 3.43. The van der Waals surface area contributed by atoms with E-state index in [9.17, 15) is 9.00 Å². The van der Waals surface area contributed by atoms with Crippen molar-refractivity contribution in [1.82, 2.24) is 19.4 Å². The summed E-state index contributed by atoms with van der Waals surface area (Å²) in [7, 11) is -1.20. The number of rotatable bonds is 4. The molecule has 9 heteroatoms. The number of aryl methyl sites for hydroxylation is 1. The third-order valence-electron chi connectivity index (χ3n) is 5.49. The maximum atomic E-state index is 13.0. The maximum Gasteiger partial charge on any atom is 0.254 e. The molecule has 1 aliphatic heterocycles. The summed E-state index contributed by atoms with van der Waals surface area (Å²) in [4.78, 5) is 25.7. The van der Waals surface area contributed by atoms with Crippen LogP contribution in [0.4, 0.5) is 0 Å². The van der Waals surface area contributed by atoms with Crippen LogP contribution in [0.3, 0.4) is 0 Å². The van der Waals surface area contributed by atoms with Gasteiger partial charge in [-0.05, 0) is 36.1 Å². The summed E-state index contributed by atoms with van der Waals surface area (Å²) in [6.07, 6.45) is 7.04. The lowest BCUT2D eigenvalue weighted by Gasteiger charge is -2.26. The van der Waals surface area contributed by atoms with E-state index in [2.05, 4.69) is 28.3 Å². The number of fused-ring (bicyclic) bond motifs is 1. The van der Waals surface area contributed by atoms with Crippen molar-refractivity contribution < 1.29 is 13.7 Å². The zero-order valence-corrected chi connectivity index (χ0v) is 19.4. The molecule has 0 aliphatic carbocycles. The number of nitrogens with zero attached hydrogens (tertiary/aromatic N) is 4. The predicted octanol–water partition coefficient (Wildman–Crippen LogP) is 3.67. The molecular weight excluding hydrogens is 444 g/mol. The van der Waals surface area contributed by atoms with Crippen molar-refractivity contribution in [3.8, 4) is 16.4 Å². The van der Waals surface area contributed by atoms with E-state index >= 15 is 0 Å². The van der Waals surface area contributed by atoms with E-state index in [1.165, 1.54) is 5.56 Å². The minimum atomic E-state index is -1.20. The molecular formula is C23H22N4O3S2. The molecule has 0 radical (unpaired) electrons. The largest absolute Gasteiger partial charge is 0.378 e. The van der Waals surface area contributed by atoms with E-state index in [1.54, 1.807) is 47.1 Å². The van der Waals surface area contributed by atoms with Gasteiger partial charge in [0, 0.05) is 59.3 Å². The van der Waals surface area contributed by atoms with Gasteiger partial charge in [0.15, 0.2) is 0 Å². The van der Waals surface area contributed by atoms with Crippen LogP contribution in [0.1, 0.15) is 15.9 Å². The van der Waals surface area contributed by atoms with Crippen LogP contribution < -0.4 is 0 Å². The van der Waals surface area contributed by atoms with Crippen molar-refractivity contribution in [3.63, 3.8) is 0 Å². The Balaban J connectivity index is 1.57. The minimum Gasteiger partial charge on any atom is -0.378 e. The number of ether oxygens (including phenoxy) is 1. The Morgan fingerprint density at radius 3 is 2.56 bits per heavy atom. The third kappa shape index (κ3) is 3.87. The fourth-order valence-electron chi connectivity index (χ4n) is 3.83. The van der Waals surface area contributed by atoms with Crippen LogP contribution in [0.15, 0.2) is 53.1 Å². The molecule has 3 aromatic heterocycles. The summed E-state index contributed by atoms with van der Waals surface area (Å²) >= 11 is 1.66. The van der Waals surface area contributed by atoms with Crippen LogP contribution in [-0.2, 0) is 15.5 Å². The number of hydrogen-bond donors (Lipinski definition) is 0. The van der Waals surface area contributed by atoms with Crippen LogP contribution >= 0.6 is 11.3 Å². The molecule has 164 valence electrons. The first-order valence-corrected chi connectivity index (χ1v) is 12.7. The van der Waals surface area contributed by atoms with Crippen molar-refractivity contribution in [2.45, 2.75) is 11.8 Å². The first-order valence-electron chi connectivity index (χ1n) is 10.2. The van der Waals surface area contributed by atoms with Gasteiger partial charge in [0.2, 0.25) is 5.95 Å². The second-order valence-corrected chi connectivity index (χ2v) is 9.97. The predicted molar refractivity (Wildman–Crippen MR) is 126 cm³/mol. The molecule has 0 bridgehead atoms. The van der Waals surface area contributed by atoms with Crippen molar-refractivity contribution >= 4 is 38.9 Å². The Morgan fingerprint density at radius 2 is 1.91 bits per heavy atom. The number of morpholine rings is 1. The number of amides is 1. The monoisotopic (exact) mass is 466 g/mol. The zero-order valence-electron chi connectivity index (χ0n) is 17.8. The summed E-state index contributed by atoms with van der Waals surface area (Å²) in [5.74, 6) is 0.436. The van der Waals surface area contributed by atoms with Gasteiger partial charge < -0.3 is 9.64 Å². The standard InChI is InChI=1S/C23H22N4O3S2/c1-15-9-20(31-14-15)17-11-24-23(25-12-17)27-13-21(32(2)29)18-4-3-16(10-19(18)27)22(28)26-5-7-30-8-6-26/h3-4,9-14H,5-8H2,1-2H3. The molecule has 4 aromatic rings. The zero-order chi connectivity index (χ0) is 22.2. The van der Waals surface area contributed by atoms with Gasteiger partial charge >= 0.3 is 0 Å². The molecule has 1 aliphatic rings. The summed E-state index contributed by atoms with van der Waals surface area (Å²) in [5.41, 5.74) is 3.50. The Kier molecular flexibility index (Phi) is 5.62. The quantitative estimate of drug-likeness (QED) is 0.459. The van der Waals surface area contributed by atoms with E-state index in [4.69, 9.17) is 4.74 Å². The van der Waals surface area contributed by atoms with Gasteiger partial charge in [0.1, 0.15) is 0 Å². The normalized spacial score (nSPS) is 15.2. The first kappa shape index (κ1) is 21.0. The van der Waals surface area contributed by atoms with Gasteiger partial charge in [0.25, 0.3) is 5.91 Å².